The number of unbranched alkanes of at least 4 members (excludes halogenated alkanes) is 4. The van der Waals surface area contributed by atoms with E-state index in [9.17, 15) is 23.5 Å². The molecule has 1 saturated carbocycles. The summed E-state index contributed by atoms with van der Waals surface area (Å²) < 4.78 is 27.7. The first-order chi connectivity index (χ1) is 12.3. The molecule has 2 N–H and O–H groups in total. The van der Waals surface area contributed by atoms with Gasteiger partial charge in [0.1, 0.15) is 11.9 Å². The van der Waals surface area contributed by atoms with Crippen LogP contribution < -0.4 is 0 Å². The van der Waals surface area contributed by atoms with Gasteiger partial charge in [0.05, 0.1) is 0 Å². The number of carbonyl (C=O) groups excluding carboxylic acids is 1. The summed E-state index contributed by atoms with van der Waals surface area (Å²) in [6, 6.07) is 0. The molecule has 0 bridgehead atoms. The Bertz CT molecular complexity index is 440. The number of alkyl halides is 2. The first-order valence-electron chi connectivity index (χ1n) is 10.1. The third-order valence-corrected chi connectivity index (χ3v) is 5.56. The molecule has 6 heteroatoms. The molecule has 1 rings (SSSR count). The molecule has 0 radical (unpaired) electrons. The van der Waals surface area contributed by atoms with E-state index >= 15 is 0 Å². The maximum atomic E-state index is 13.9. The van der Waals surface area contributed by atoms with Gasteiger partial charge in [0.2, 0.25) is 0 Å². The standard InChI is InChI=1S/C20H34F2O4/c1-2-3-14-20(21,22)18(24)13-11-15-10-12-17(23)16(15)8-6-4-5-7-9-19(25)26/h15-16,18,24H,2-14H2,1H3,(H,25,26)/t15-,16?,18?/m1/s1. The van der Waals surface area contributed by atoms with Crippen LogP contribution in [-0.2, 0) is 9.59 Å². The molecule has 1 fully saturated rings. The average molecular weight is 376 g/mol. The number of carboxylic acid groups (broad SMARTS) is 1. The van der Waals surface area contributed by atoms with E-state index in [1.807, 2.05) is 6.92 Å². The molecule has 1 aliphatic carbocycles. The van der Waals surface area contributed by atoms with Crippen molar-refractivity contribution in [2.75, 3.05) is 0 Å². The molecule has 0 aliphatic heterocycles. The van der Waals surface area contributed by atoms with Crippen LogP contribution in [0.5, 0.6) is 0 Å². The van der Waals surface area contributed by atoms with Crippen molar-refractivity contribution >= 4 is 11.8 Å². The molecular formula is C20H34F2O4. The van der Waals surface area contributed by atoms with Crippen LogP contribution in [0.4, 0.5) is 8.78 Å². The largest absolute Gasteiger partial charge is 0.481 e. The van der Waals surface area contributed by atoms with Crippen LogP contribution in [0, 0.1) is 11.8 Å². The van der Waals surface area contributed by atoms with Gasteiger partial charge in [0.25, 0.3) is 5.92 Å². The van der Waals surface area contributed by atoms with E-state index in [0.717, 1.165) is 32.1 Å². The number of ketones is 1. The predicted molar refractivity (Wildman–Crippen MR) is 96.3 cm³/mol. The van der Waals surface area contributed by atoms with Crippen molar-refractivity contribution < 1.29 is 28.6 Å². The highest BCUT2D eigenvalue weighted by molar-refractivity contribution is 5.83. The number of aliphatic carboxylic acids is 1. The van der Waals surface area contributed by atoms with Crippen LogP contribution in [-0.4, -0.2) is 34.0 Å². The summed E-state index contributed by atoms with van der Waals surface area (Å²) in [5.41, 5.74) is 0. The van der Waals surface area contributed by atoms with Crippen LogP contribution in [0.15, 0.2) is 0 Å². The Morgan fingerprint density at radius 1 is 1.19 bits per heavy atom. The number of aliphatic hydroxyl groups excluding tert-OH is 1. The van der Waals surface area contributed by atoms with Gasteiger partial charge < -0.3 is 10.2 Å². The molecule has 0 amide bonds. The third-order valence-electron chi connectivity index (χ3n) is 5.56. The van der Waals surface area contributed by atoms with Gasteiger partial charge in [-0.15, -0.1) is 0 Å². The smallest absolute Gasteiger partial charge is 0.303 e. The molecule has 1 aliphatic rings. The van der Waals surface area contributed by atoms with Crippen molar-refractivity contribution in [1.29, 1.82) is 0 Å². The van der Waals surface area contributed by atoms with E-state index in [1.165, 1.54) is 0 Å². The monoisotopic (exact) mass is 376 g/mol. The van der Waals surface area contributed by atoms with Gasteiger partial charge in [-0.25, -0.2) is 8.78 Å². The predicted octanol–water partition coefficient (Wildman–Crippen LogP) is 4.97. The van der Waals surface area contributed by atoms with Gasteiger partial charge in [0, 0.05) is 25.2 Å². The number of hydrogen-bond acceptors (Lipinski definition) is 3. The van der Waals surface area contributed by atoms with E-state index in [0.29, 0.717) is 32.1 Å². The fraction of sp³-hybridized carbons (Fsp3) is 0.900. The summed E-state index contributed by atoms with van der Waals surface area (Å²) in [6.07, 6.45) is 5.09. The average Bonchev–Trinajstić information content (AvgIpc) is 2.93. The molecule has 2 unspecified atom stereocenters. The molecule has 0 spiro atoms. The number of carboxylic acids is 1. The summed E-state index contributed by atoms with van der Waals surface area (Å²) in [4.78, 5) is 22.6. The molecular weight excluding hydrogens is 342 g/mol. The van der Waals surface area contributed by atoms with E-state index in [-0.39, 0.29) is 36.9 Å². The number of rotatable bonds is 14. The van der Waals surface area contributed by atoms with Gasteiger partial charge in [-0.2, -0.15) is 0 Å². The molecule has 0 aromatic heterocycles. The Kier molecular flexibility index (Phi) is 10.3. The van der Waals surface area contributed by atoms with Crippen molar-refractivity contribution in [2.24, 2.45) is 11.8 Å². The lowest BCUT2D eigenvalue weighted by Gasteiger charge is -2.25. The maximum Gasteiger partial charge on any atom is 0.303 e. The molecule has 0 aromatic carbocycles. The van der Waals surface area contributed by atoms with Gasteiger partial charge >= 0.3 is 5.97 Å². The Labute approximate surface area is 155 Å². The molecule has 152 valence electrons. The van der Waals surface area contributed by atoms with Gasteiger partial charge in [-0.3, -0.25) is 9.59 Å². The molecule has 26 heavy (non-hydrogen) atoms. The summed E-state index contributed by atoms with van der Waals surface area (Å²) in [5, 5.41) is 18.5. The van der Waals surface area contributed by atoms with Crippen molar-refractivity contribution in [3.63, 3.8) is 0 Å². The van der Waals surface area contributed by atoms with E-state index in [1.54, 1.807) is 0 Å². The van der Waals surface area contributed by atoms with Crippen LogP contribution in [0.2, 0.25) is 0 Å². The molecule has 0 aromatic rings. The van der Waals surface area contributed by atoms with E-state index in [2.05, 4.69) is 0 Å². The SMILES string of the molecule is CCCCC(F)(F)C(O)CC[C@H]1CCC(=O)C1CCCCCCC(=O)O. The number of carbonyl (C=O) groups is 2. The zero-order chi connectivity index (χ0) is 19.6. The topological polar surface area (TPSA) is 74.6 Å². The maximum absolute atomic E-state index is 13.9. The number of halogens is 2. The molecule has 4 nitrogen and oxygen atoms in total. The highest BCUT2D eigenvalue weighted by atomic mass is 19.3. The summed E-state index contributed by atoms with van der Waals surface area (Å²) in [6.45, 7) is 1.85. The Morgan fingerprint density at radius 2 is 1.88 bits per heavy atom. The zero-order valence-electron chi connectivity index (χ0n) is 15.9. The Morgan fingerprint density at radius 3 is 2.54 bits per heavy atom. The number of Topliss-reactive ketones (excluding diaryl/α,β-unsaturated/α-hetero) is 1. The first-order valence-corrected chi connectivity index (χ1v) is 10.1. The minimum atomic E-state index is -3.04. The van der Waals surface area contributed by atoms with Crippen LogP contribution >= 0.6 is 0 Å². The molecule has 0 heterocycles. The van der Waals surface area contributed by atoms with E-state index < -0.39 is 18.0 Å². The zero-order valence-corrected chi connectivity index (χ0v) is 15.9. The number of aliphatic hydroxyl groups is 1. The van der Waals surface area contributed by atoms with Gasteiger partial charge in [-0.1, -0.05) is 32.6 Å². The summed E-state index contributed by atoms with van der Waals surface area (Å²) in [7, 11) is 0. The lowest BCUT2D eigenvalue weighted by molar-refractivity contribution is -0.137. The molecule has 0 saturated heterocycles. The minimum absolute atomic E-state index is 0.0454. The highest BCUT2D eigenvalue weighted by Gasteiger charge is 2.39. The van der Waals surface area contributed by atoms with Crippen molar-refractivity contribution in [3.05, 3.63) is 0 Å². The van der Waals surface area contributed by atoms with Crippen molar-refractivity contribution in [3.8, 4) is 0 Å². The summed E-state index contributed by atoms with van der Waals surface area (Å²) in [5.74, 6) is -3.60. The van der Waals surface area contributed by atoms with Crippen LogP contribution in [0.25, 0.3) is 0 Å². The fourth-order valence-corrected chi connectivity index (χ4v) is 3.88. The van der Waals surface area contributed by atoms with Crippen LogP contribution in [0.3, 0.4) is 0 Å². The highest BCUT2D eigenvalue weighted by Crippen LogP contribution is 2.38. The lowest BCUT2D eigenvalue weighted by Crippen LogP contribution is -2.34. The van der Waals surface area contributed by atoms with Gasteiger partial charge in [-0.05, 0) is 44.4 Å². The Hall–Kier alpha value is -1.04. The first kappa shape index (κ1) is 23.0. The Balaban J connectivity index is 2.33. The number of hydrogen-bond donors (Lipinski definition) is 2. The third kappa shape index (κ3) is 8.11. The van der Waals surface area contributed by atoms with Gasteiger partial charge in [0.15, 0.2) is 0 Å². The normalized spacial score (nSPS) is 21.9. The second-order valence-corrected chi connectivity index (χ2v) is 7.68. The fourth-order valence-electron chi connectivity index (χ4n) is 3.88. The van der Waals surface area contributed by atoms with Crippen molar-refractivity contribution in [2.45, 2.75) is 102 Å². The lowest BCUT2D eigenvalue weighted by atomic mass is 9.85. The van der Waals surface area contributed by atoms with E-state index in [4.69, 9.17) is 5.11 Å². The van der Waals surface area contributed by atoms with Crippen LogP contribution in [0.1, 0.15) is 90.4 Å². The second kappa shape index (κ2) is 11.6. The minimum Gasteiger partial charge on any atom is -0.481 e. The second-order valence-electron chi connectivity index (χ2n) is 7.68. The quantitative estimate of drug-likeness (QED) is 0.420. The van der Waals surface area contributed by atoms with Crippen molar-refractivity contribution in [1.82, 2.24) is 0 Å². The molecule has 3 atom stereocenters. The summed E-state index contributed by atoms with van der Waals surface area (Å²) >= 11 is 0.